The number of carboxylic acids is 1. The molecular formula is C15H13FN2O3. The minimum Gasteiger partial charge on any atom is -0.479 e. The summed E-state index contributed by atoms with van der Waals surface area (Å²) in [6.07, 6.45) is 0. The fourth-order valence-corrected chi connectivity index (χ4v) is 1.82. The molecule has 0 spiro atoms. The van der Waals surface area contributed by atoms with Crippen molar-refractivity contribution in [3.63, 3.8) is 0 Å². The van der Waals surface area contributed by atoms with Crippen LogP contribution in [-0.2, 0) is 4.79 Å². The largest absolute Gasteiger partial charge is 0.479 e. The Labute approximate surface area is 120 Å². The molecule has 2 aromatic rings. The Kier molecular flexibility index (Phi) is 4.18. The zero-order chi connectivity index (χ0) is 15.4. The van der Waals surface area contributed by atoms with Crippen LogP contribution in [0.25, 0.3) is 0 Å². The first kappa shape index (κ1) is 14.5. The summed E-state index contributed by atoms with van der Waals surface area (Å²) in [5.41, 5.74) is 5.68. The summed E-state index contributed by atoms with van der Waals surface area (Å²) >= 11 is 0. The normalized spacial score (nSPS) is 11.7. The molecule has 0 heterocycles. The minimum absolute atomic E-state index is 0.00359. The van der Waals surface area contributed by atoms with E-state index in [1.165, 1.54) is 12.1 Å². The topological polar surface area (TPSA) is 92.4 Å². The Morgan fingerprint density at radius 3 is 2.38 bits per heavy atom. The third-order valence-electron chi connectivity index (χ3n) is 2.92. The van der Waals surface area contributed by atoms with Crippen molar-refractivity contribution in [2.24, 2.45) is 0 Å². The van der Waals surface area contributed by atoms with E-state index < -0.39 is 23.7 Å². The Bertz CT molecular complexity index is 674. The predicted molar refractivity (Wildman–Crippen MR) is 75.1 cm³/mol. The number of aliphatic carboxylic acids is 1. The number of nitrogens with one attached hydrogen (secondary N) is 1. The SMILES string of the molecule is Nc1ccc(C(=O)N[C@H](C(=O)O)c2ccccc2)cc1F. The van der Waals surface area contributed by atoms with Gasteiger partial charge in [0.05, 0.1) is 5.69 Å². The van der Waals surface area contributed by atoms with E-state index in [2.05, 4.69) is 5.32 Å². The molecule has 2 aromatic carbocycles. The highest BCUT2D eigenvalue weighted by Crippen LogP contribution is 2.16. The molecule has 0 aliphatic rings. The van der Waals surface area contributed by atoms with Crippen LogP contribution in [-0.4, -0.2) is 17.0 Å². The lowest BCUT2D eigenvalue weighted by molar-refractivity contribution is -0.139. The molecule has 0 aromatic heterocycles. The number of hydrogen-bond donors (Lipinski definition) is 3. The lowest BCUT2D eigenvalue weighted by Gasteiger charge is -2.15. The van der Waals surface area contributed by atoms with Gasteiger partial charge in [-0.1, -0.05) is 30.3 Å². The van der Waals surface area contributed by atoms with Gasteiger partial charge in [0.1, 0.15) is 5.82 Å². The van der Waals surface area contributed by atoms with Crippen molar-refractivity contribution in [2.75, 3.05) is 5.73 Å². The molecule has 2 rings (SSSR count). The summed E-state index contributed by atoms with van der Waals surface area (Å²) in [4.78, 5) is 23.3. The molecule has 4 N–H and O–H groups in total. The first-order valence-corrected chi connectivity index (χ1v) is 6.12. The number of nitrogens with two attached hydrogens (primary N) is 1. The Morgan fingerprint density at radius 1 is 1.14 bits per heavy atom. The van der Waals surface area contributed by atoms with Crippen LogP contribution in [0.15, 0.2) is 48.5 Å². The number of amides is 1. The van der Waals surface area contributed by atoms with Crippen molar-refractivity contribution in [3.05, 3.63) is 65.5 Å². The maximum atomic E-state index is 13.3. The lowest BCUT2D eigenvalue weighted by Crippen LogP contribution is -2.33. The monoisotopic (exact) mass is 288 g/mol. The van der Waals surface area contributed by atoms with Crippen molar-refractivity contribution in [1.82, 2.24) is 5.32 Å². The number of hydrogen-bond acceptors (Lipinski definition) is 3. The van der Waals surface area contributed by atoms with E-state index >= 15 is 0 Å². The molecule has 1 atom stereocenters. The van der Waals surface area contributed by atoms with Gasteiger partial charge >= 0.3 is 5.97 Å². The Hall–Kier alpha value is -2.89. The van der Waals surface area contributed by atoms with Crippen LogP contribution in [0.3, 0.4) is 0 Å². The average molecular weight is 288 g/mol. The van der Waals surface area contributed by atoms with Crippen LogP contribution in [0.4, 0.5) is 10.1 Å². The molecule has 5 nitrogen and oxygen atoms in total. The van der Waals surface area contributed by atoms with Gasteiger partial charge in [-0.05, 0) is 23.8 Å². The predicted octanol–water partition coefficient (Wildman–Crippen LogP) is 1.96. The molecule has 0 aliphatic carbocycles. The van der Waals surface area contributed by atoms with Gasteiger partial charge in [0.2, 0.25) is 0 Å². The molecule has 6 heteroatoms. The molecule has 0 bridgehead atoms. The first-order chi connectivity index (χ1) is 9.99. The molecule has 0 unspecified atom stereocenters. The number of rotatable bonds is 4. The van der Waals surface area contributed by atoms with E-state index in [1.54, 1.807) is 30.3 Å². The van der Waals surface area contributed by atoms with E-state index in [9.17, 15) is 19.1 Å². The van der Waals surface area contributed by atoms with Crippen molar-refractivity contribution in [1.29, 1.82) is 0 Å². The highest BCUT2D eigenvalue weighted by molar-refractivity contribution is 5.97. The summed E-state index contributed by atoms with van der Waals surface area (Å²) in [5.74, 6) is -2.62. The van der Waals surface area contributed by atoms with Crippen LogP contribution >= 0.6 is 0 Å². The molecule has 0 aliphatic heterocycles. The van der Waals surface area contributed by atoms with Gasteiger partial charge in [-0.25, -0.2) is 9.18 Å². The molecule has 0 radical (unpaired) electrons. The molecule has 21 heavy (non-hydrogen) atoms. The van der Waals surface area contributed by atoms with E-state index in [4.69, 9.17) is 5.73 Å². The second kappa shape index (κ2) is 6.04. The summed E-state index contributed by atoms with van der Waals surface area (Å²) in [5, 5.41) is 11.6. The molecule has 0 saturated carbocycles. The standard InChI is InChI=1S/C15H13FN2O3/c16-11-8-10(6-7-12(11)17)14(19)18-13(15(20)21)9-4-2-1-3-5-9/h1-8,13H,17H2,(H,18,19)(H,20,21)/t13-/m0/s1. The first-order valence-electron chi connectivity index (χ1n) is 6.12. The number of anilines is 1. The van der Waals surface area contributed by atoms with Gasteiger partial charge in [-0.2, -0.15) is 0 Å². The van der Waals surface area contributed by atoms with E-state index in [1.807, 2.05) is 0 Å². The average Bonchev–Trinajstić information content (AvgIpc) is 2.48. The van der Waals surface area contributed by atoms with Gasteiger partial charge in [0.15, 0.2) is 6.04 Å². The number of carboxylic acid groups (broad SMARTS) is 1. The van der Waals surface area contributed by atoms with Gasteiger partial charge in [0, 0.05) is 5.56 Å². The summed E-state index contributed by atoms with van der Waals surface area (Å²) < 4.78 is 13.3. The van der Waals surface area contributed by atoms with Crippen molar-refractivity contribution < 1.29 is 19.1 Å². The fraction of sp³-hybridized carbons (Fsp3) is 0.0667. The Balaban J connectivity index is 2.23. The van der Waals surface area contributed by atoms with Crippen molar-refractivity contribution in [2.45, 2.75) is 6.04 Å². The van der Waals surface area contributed by atoms with Gasteiger partial charge in [-0.3, -0.25) is 4.79 Å². The number of carbonyl (C=O) groups is 2. The van der Waals surface area contributed by atoms with Crippen molar-refractivity contribution in [3.8, 4) is 0 Å². The summed E-state index contributed by atoms with van der Waals surface area (Å²) in [7, 11) is 0. The maximum absolute atomic E-state index is 13.3. The smallest absolute Gasteiger partial charge is 0.330 e. The lowest BCUT2D eigenvalue weighted by atomic mass is 10.1. The van der Waals surface area contributed by atoms with Crippen molar-refractivity contribution >= 4 is 17.6 Å². The number of carbonyl (C=O) groups excluding carboxylic acids is 1. The molecule has 0 fully saturated rings. The Morgan fingerprint density at radius 2 is 1.81 bits per heavy atom. The number of nitrogen functional groups attached to an aromatic ring is 1. The number of halogens is 1. The van der Waals surface area contributed by atoms with E-state index in [-0.39, 0.29) is 11.3 Å². The van der Waals surface area contributed by atoms with Crippen LogP contribution in [0.5, 0.6) is 0 Å². The van der Waals surface area contributed by atoms with E-state index in [0.717, 1.165) is 6.07 Å². The zero-order valence-corrected chi connectivity index (χ0v) is 10.9. The van der Waals surface area contributed by atoms with E-state index in [0.29, 0.717) is 5.56 Å². The fourth-order valence-electron chi connectivity index (χ4n) is 1.82. The summed E-state index contributed by atoms with van der Waals surface area (Å²) in [6, 6.07) is 10.6. The number of benzene rings is 2. The van der Waals surface area contributed by atoms with Crippen LogP contribution in [0.1, 0.15) is 22.0 Å². The molecule has 1 amide bonds. The van der Waals surface area contributed by atoms with Gasteiger partial charge in [-0.15, -0.1) is 0 Å². The van der Waals surface area contributed by atoms with Gasteiger partial charge in [0.25, 0.3) is 5.91 Å². The van der Waals surface area contributed by atoms with Crippen LogP contribution in [0.2, 0.25) is 0 Å². The van der Waals surface area contributed by atoms with Gasteiger partial charge < -0.3 is 16.2 Å². The molecule has 108 valence electrons. The van der Waals surface area contributed by atoms with Crippen LogP contribution < -0.4 is 11.1 Å². The van der Waals surface area contributed by atoms with Crippen LogP contribution in [0, 0.1) is 5.82 Å². The molecule has 0 saturated heterocycles. The third kappa shape index (κ3) is 3.36. The zero-order valence-electron chi connectivity index (χ0n) is 10.9. The highest BCUT2D eigenvalue weighted by Gasteiger charge is 2.22. The minimum atomic E-state index is -1.21. The third-order valence-corrected chi connectivity index (χ3v) is 2.92. The quantitative estimate of drug-likeness (QED) is 0.750. The molecular weight excluding hydrogens is 275 g/mol. The second-order valence-electron chi connectivity index (χ2n) is 4.39. The second-order valence-corrected chi connectivity index (χ2v) is 4.39. The highest BCUT2D eigenvalue weighted by atomic mass is 19.1. The maximum Gasteiger partial charge on any atom is 0.330 e. The summed E-state index contributed by atoms with van der Waals surface area (Å²) in [6.45, 7) is 0.